The fraction of sp³-hybridized carbons (Fsp3) is 0.846. The maximum absolute atomic E-state index is 12.2. The Morgan fingerprint density at radius 3 is 2.40 bits per heavy atom. The van der Waals surface area contributed by atoms with E-state index in [4.69, 9.17) is 14.6 Å². The molecule has 0 aromatic rings. The summed E-state index contributed by atoms with van der Waals surface area (Å²) in [4.78, 5) is 24.4. The van der Waals surface area contributed by atoms with Crippen LogP contribution in [0.5, 0.6) is 0 Å². The zero-order valence-corrected chi connectivity index (χ0v) is 11.6. The lowest BCUT2D eigenvalue weighted by molar-refractivity contribution is -0.156. The fourth-order valence-electron chi connectivity index (χ4n) is 2.68. The van der Waals surface area contributed by atoms with Gasteiger partial charge in [0.15, 0.2) is 6.10 Å². The van der Waals surface area contributed by atoms with E-state index >= 15 is 0 Å². The molecule has 2 heterocycles. The molecule has 0 radical (unpaired) electrons. The van der Waals surface area contributed by atoms with Crippen LogP contribution < -0.4 is 0 Å². The molecule has 114 valence electrons. The minimum atomic E-state index is -1.04. The maximum atomic E-state index is 12.2. The lowest BCUT2D eigenvalue weighted by atomic mass is 9.94. The molecular weight excluding hydrogens is 266 g/mol. The topological polar surface area (TPSA) is 96.3 Å². The van der Waals surface area contributed by atoms with Crippen molar-refractivity contribution in [3.63, 3.8) is 0 Å². The zero-order chi connectivity index (χ0) is 14.8. The van der Waals surface area contributed by atoms with Gasteiger partial charge in [0.2, 0.25) is 0 Å². The van der Waals surface area contributed by atoms with Crippen molar-refractivity contribution < 1.29 is 29.3 Å². The first-order chi connectivity index (χ1) is 9.41. The molecule has 2 fully saturated rings. The van der Waals surface area contributed by atoms with E-state index in [1.807, 2.05) is 0 Å². The molecule has 2 saturated heterocycles. The van der Waals surface area contributed by atoms with E-state index in [0.717, 1.165) is 0 Å². The summed E-state index contributed by atoms with van der Waals surface area (Å²) in [5, 5.41) is 19.2. The number of carbonyl (C=O) groups is 2. The number of nitrogens with zero attached hydrogens (tertiary/aromatic N) is 1. The van der Waals surface area contributed by atoms with E-state index in [-0.39, 0.29) is 12.5 Å². The Hall–Kier alpha value is -1.18. The number of amides is 1. The van der Waals surface area contributed by atoms with Crippen LogP contribution in [0, 0.1) is 0 Å². The normalized spacial score (nSPS) is 29.1. The molecule has 20 heavy (non-hydrogen) atoms. The first-order valence-electron chi connectivity index (χ1n) is 6.85. The van der Waals surface area contributed by atoms with Gasteiger partial charge in [-0.15, -0.1) is 0 Å². The summed E-state index contributed by atoms with van der Waals surface area (Å²) in [6.07, 6.45) is 0.120. The highest BCUT2D eigenvalue weighted by molar-refractivity contribution is 5.82. The summed E-state index contributed by atoms with van der Waals surface area (Å²) in [6.45, 7) is 1.19. The van der Waals surface area contributed by atoms with Crippen LogP contribution in [-0.4, -0.2) is 71.6 Å². The van der Waals surface area contributed by atoms with Crippen molar-refractivity contribution in [2.75, 3.05) is 26.8 Å². The number of hydrogen-bond donors (Lipinski definition) is 2. The lowest BCUT2D eigenvalue weighted by Crippen LogP contribution is -2.49. The third kappa shape index (κ3) is 3.47. The summed E-state index contributed by atoms with van der Waals surface area (Å²) in [5.74, 6) is -1.31. The molecule has 1 amide bonds. The zero-order valence-electron chi connectivity index (χ0n) is 11.6. The van der Waals surface area contributed by atoms with Crippen LogP contribution in [0.3, 0.4) is 0 Å². The molecule has 2 N–H and O–H groups in total. The van der Waals surface area contributed by atoms with Gasteiger partial charge in [-0.2, -0.15) is 0 Å². The standard InChI is InChI=1S/C13H21NO6/c1-14(8-13(18)4-6-19-7-5-13)11(15)9-2-3-10(20-9)12(16)17/h9-10,18H,2-8H2,1H3,(H,16,17). The molecule has 2 aliphatic rings. The highest BCUT2D eigenvalue weighted by Crippen LogP contribution is 2.24. The molecule has 7 nitrogen and oxygen atoms in total. The van der Waals surface area contributed by atoms with Gasteiger partial charge in [-0.25, -0.2) is 4.79 Å². The van der Waals surface area contributed by atoms with Crippen molar-refractivity contribution in [3.8, 4) is 0 Å². The molecule has 0 aromatic carbocycles. The van der Waals surface area contributed by atoms with E-state index in [0.29, 0.717) is 38.9 Å². The number of aliphatic hydroxyl groups is 1. The average molecular weight is 287 g/mol. The van der Waals surface area contributed by atoms with Crippen LogP contribution in [-0.2, 0) is 19.1 Å². The summed E-state index contributed by atoms with van der Waals surface area (Å²) in [5.41, 5.74) is -0.923. The van der Waals surface area contributed by atoms with Crippen molar-refractivity contribution in [2.45, 2.75) is 43.5 Å². The van der Waals surface area contributed by atoms with Crippen LogP contribution in [0.25, 0.3) is 0 Å². The Balaban J connectivity index is 1.87. The van der Waals surface area contributed by atoms with Gasteiger partial charge >= 0.3 is 5.97 Å². The van der Waals surface area contributed by atoms with E-state index in [1.165, 1.54) is 4.90 Å². The molecule has 0 bridgehead atoms. The second kappa shape index (κ2) is 6.07. The summed E-state index contributed by atoms with van der Waals surface area (Å²) < 4.78 is 10.4. The Morgan fingerprint density at radius 1 is 1.25 bits per heavy atom. The Bertz CT molecular complexity index is 379. The van der Waals surface area contributed by atoms with E-state index in [9.17, 15) is 14.7 Å². The third-order valence-corrected chi connectivity index (χ3v) is 3.90. The average Bonchev–Trinajstić information content (AvgIpc) is 2.87. The molecule has 7 heteroatoms. The Labute approximate surface area is 117 Å². The highest BCUT2D eigenvalue weighted by Gasteiger charge is 2.38. The van der Waals surface area contributed by atoms with Gasteiger partial charge in [-0.3, -0.25) is 4.79 Å². The van der Waals surface area contributed by atoms with Gasteiger partial charge in [0, 0.05) is 39.6 Å². The number of rotatable bonds is 4. The predicted octanol–water partition coefficient (Wildman–Crippen LogP) is -0.381. The van der Waals surface area contributed by atoms with E-state index < -0.39 is 23.8 Å². The first kappa shape index (κ1) is 15.2. The molecule has 0 spiro atoms. The molecule has 2 unspecified atom stereocenters. The molecule has 0 aliphatic carbocycles. The molecule has 2 rings (SSSR count). The quantitative estimate of drug-likeness (QED) is 0.731. The Kier molecular flexibility index (Phi) is 4.62. The number of carboxylic acids is 1. The van der Waals surface area contributed by atoms with Gasteiger partial charge < -0.3 is 24.6 Å². The smallest absolute Gasteiger partial charge is 0.332 e. The van der Waals surface area contributed by atoms with Crippen LogP contribution in [0.1, 0.15) is 25.7 Å². The van der Waals surface area contributed by atoms with Gasteiger partial charge in [0.05, 0.1) is 5.60 Å². The lowest BCUT2D eigenvalue weighted by Gasteiger charge is -2.36. The first-order valence-corrected chi connectivity index (χ1v) is 6.85. The minimum Gasteiger partial charge on any atom is -0.479 e. The van der Waals surface area contributed by atoms with Gasteiger partial charge in [-0.05, 0) is 12.8 Å². The Morgan fingerprint density at radius 2 is 1.85 bits per heavy atom. The van der Waals surface area contributed by atoms with Crippen LogP contribution >= 0.6 is 0 Å². The van der Waals surface area contributed by atoms with Crippen molar-refractivity contribution >= 4 is 11.9 Å². The molecule has 2 aliphatic heterocycles. The van der Waals surface area contributed by atoms with Crippen molar-refractivity contribution in [3.05, 3.63) is 0 Å². The van der Waals surface area contributed by atoms with Gasteiger partial charge in [0.25, 0.3) is 5.91 Å². The van der Waals surface area contributed by atoms with Crippen LogP contribution in [0.2, 0.25) is 0 Å². The van der Waals surface area contributed by atoms with Gasteiger partial charge in [0.1, 0.15) is 6.10 Å². The van der Waals surface area contributed by atoms with E-state index in [1.54, 1.807) is 7.05 Å². The third-order valence-electron chi connectivity index (χ3n) is 3.90. The molecule has 0 aromatic heterocycles. The largest absolute Gasteiger partial charge is 0.479 e. The summed E-state index contributed by atoms with van der Waals surface area (Å²) in [6, 6.07) is 0. The molecular formula is C13H21NO6. The number of carboxylic acid groups (broad SMARTS) is 1. The van der Waals surface area contributed by atoms with Crippen molar-refractivity contribution in [1.29, 1.82) is 0 Å². The monoisotopic (exact) mass is 287 g/mol. The highest BCUT2D eigenvalue weighted by atomic mass is 16.5. The second-order valence-electron chi connectivity index (χ2n) is 5.56. The molecule has 2 atom stereocenters. The SMILES string of the molecule is CN(CC1(O)CCOCC1)C(=O)C1CCC(C(=O)O)O1. The molecule has 0 saturated carbocycles. The van der Waals surface area contributed by atoms with Gasteiger partial charge in [-0.1, -0.05) is 0 Å². The number of carbonyl (C=O) groups excluding carboxylic acids is 1. The summed E-state index contributed by atoms with van der Waals surface area (Å²) in [7, 11) is 1.60. The fourth-order valence-corrected chi connectivity index (χ4v) is 2.68. The van der Waals surface area contributed by atoms with Crippen molar-refractivity contribution in [2.24, 2.45) is 0 Å². The summed E-state index contributed by atoms with van der Waals surface area (Å²) >= 11 is 0. The maximum Gasteiger partial charge on any atom is 0.332 e. The second-order valence-corrected chi connectivity index (χ2v) is 5.56. The van der Waals surface area contributed by atoms with E-state index in [2.05, 4.69) is 0 Å². The van der Waals surface area contributed by atoms with Crippen LogP contribution in [0.4, 0.5) is 0 Å². The number of hydrogen-bond acceptors (Lipinski definition) is 5. The minimum absolute atomic E-state index is 0.215. The number of ether oxygens (including phenoxy) is 2. The van der Waals surface area contributed by atoms with Crippen LogP contribution in [0.15, 0.2) is 0 Å². The number of aliphatic carboxylic acids is 1. The number of likely N-dealkylation sites (N-methyl/N-ethyl adjacent to an activating group) is 1. The van der Waals surface area contributed by atoms with Crippen molar-refractivity contribution in [1.82, 2.24) is 4.90 Å². The predicted molar refractivity (Wildman–Crippen MR) is 68.2 cm³/mol.